The lowest BCUT2D eigenvalue weighted by Gasteiger charge is -2.41. The average molecular weight is 338 g/mol. The van der Waals surface area contributed by atoms with E-state index in [4.69, 9.17) is 21.1 Å². The molecule has 1 aromatic carbocycles. The molecule has 2 rings (SSSR count). The van der Waals surface area contributed by atoms with Crippen molar-refractivity contribution in [3.63, 3.8) is 0 Å². The van der Waals surface area contributed by atoms with E-state index >= 15 is 0 Å². The Kier molecular flexibility index (Phi) is 4.87. The Balaban J connectivity index is 2.01. The van der Waals surface area contributed by atoms with Gasteiger partial charge in [-0.2, -0.15) is 0 Å². The first-order chi connectivity index (χ1) is 8.63. The van der Waals surface area contributed by atoms with E-state index in [2.05, 4.69) is 15.9 Å². The van der Waals surface area contributed by atoms with Crippen LogP contribution in [0.1, 0.15) is 19.8 Å². The zero-order chi connectivity index (χ0) is 13.1. The highest BCUT2D eigenvalue weighted by Gasteiger charge is 2.42. The van der Waals surface area contributed by atoms with Crippen LogP contribution in [-0.2, 0) is 4.74 Å². The fraction of sp³-hybridized carbons (Fsp3) is 0.538. The number of alkyl halides is 1. The average Bonchev–Trinajstić information content (AvgIpc) is 2.33. The molecule has 3 unspecified atom stereocenters. The molecular formula is C13H15BrClFO2. The fourth-order valence-electron chi connectivity index (χ4n) is 1.85. The first-order valence-corrected chi connectivity index (χ1v) is 7.29. The van der Waals surface area contributed by atoms with Crippen LogP contribution >= 0.6 is 27.5 Å². The van der Waals surface area contributed by atoms with Crippen LogP contribution < -0.4 is 4.74 Å². The van der Waals surface area contributed by atoms with Gasteiger partial charge in [-0.25, -0.2) is 4.39 Å². The molecule has 100 valence electrons. The van der Waals surface area contributed by atoms with Gasteiger partial charge in [0, 0.05) is 17.9 Å². The van der Waals surface area contributed by atoms with Gasteiger partial charge in [-0.05, 0) is 18.6 Å². The van der Waals surface area contributed by atoms with Gasteiger partial charge in [0.05, 0.1) is 5.02 Å². The van der Waals surface area contributed by atoms with Crippen LogP contribution in [0.25, 0.3) is 0 Å². The SMILES string of the molecule is CCCOC1C(Br)CC1Oc1c(F)cccc1Cl. The van der Waals surface area contributed by atoms with Crippen LogP contribution in [0.4, 0.5) is 4.39 Å². The summed E-state index contributed by atoms with van der Waals surface area (Å²) in [6.07, 6.45) is 1.55. The standard InChI is InChI=1S/C13H15BrClFO2/c1-2-6-17-12-8(14)7-11(12)18-13-9(15)4-3-5-10(13)16/h3-5,8,11-12H,2,6-7H2,1H3. The van der Waals surface area contributed by atoms with Crippen LogP contribution in [0.3, 0.4) is 0 Å². The second kappa shape index (κ2) is 6.22. The maximum Gasteiger partial charge on any atom is 0.174 e. The summed E-state index contributed by atoms with van der Waals surface area (Å²) < 4.78 is 24.9. The van der Waals surface area contributed by atoms with Crippen molar-refractivity contribution in [3.05, 3.63) is 29.0 Å². The minimum Gasteiger partial charge on any atom is -0.483 e. The van der Waals surface area contributed by atoms with E-state index in [1.54, 1.807) is 12.1 Å². The summed E-state index contributed by atoms with van der Waals surface area (Å²) in [4.78, 5) is 0.264. The highest BCUT2D eigenvalue weighted by Crippen LogP contribution is 2.37. The molecule has 0 aromatic heterocycles. The van der Waals surface area contributed by atoms with Crippen molar-refractivity contribution < 1.29 is 13.9 Å². The molecule has 3 atom stereocenters. The summed E-state index contributed by atoms with van der Waals surface area (Å²) in [6.45, 7) is 2.73. The van der Waals surface area contributed by atoms with Crippen LogP contribution in [0.15, 0.2) is 18.2 Å². The van der Waals surface area contributed by atoms with Crippen LogP contribution in [-0.4, -0.2) is 23.6 Å². The summed E-state index contributed by atoms with van der Waals surface area (Å²) in [5, 5.41) is 0.294. The van der Waals surface area contributed by atoms with E-state index in [0.29, 0.717) is 11.6 Å². The first-order valence-electron chi connectivity index (χ1n) is 5.99. The van der Waals surface area contributed by atoms with Gasteiger partial charge in [-0.3, -0.25) is 0 Å². The highest BCUT2D eigenvalue weighted by atomic mass is 79.9. The van der Waals surface area contributed by atoms with E-state index in [0.717, 1.165) is 12.8 Å². The van der Waals surface area contributed by atoms with Gasteiger partial charge in [-0.1, -0.05) is 40.5 Å². The van der Waals surface area contributed by atoms with Gasteiger partial charge in [0.25, 0.3) is 0 Å². The maximum absolute atomic E-state index is 13.6. The Morgan fingerprint density at radius 2 is 2.28 bits per heavy atom. The molecule has 1 aromatic rings. The Bertz CT molecular complexity index is 396. The molecule has 5 heteroatoms. The van der Waals surface area contributed by atoms with Crippen molar-refractivity contribution in [2.75, 3.05) is 6.61 Å². The lowest BCUT2D eigenvalue weighted by Crippen LogP contribution is -2.52. The topological polar surface area (TPSA) is 18.5 Å². The molecule has 0 spiro atoms. The number of hydrogen-bond acceptors (Lipinski definition) is 2. The Hall–Kier alpha value is -0.320. The summed E-state index contributed by atoms with van der Waals surface area (Å²) in [6, 6.07) is 4.52. The summed E-state index contributed by atoms with van der Waals surface area (Å²) in [7, 11) is 0. The van der Waals surface area contributed by atoms with Crippen LogP contribution in [0.5, 0.6) is 5.75 Å². The predicted octanol–water partition coefficient (Wildman–Crippen LogP) is 4.19. The number of ether oxygens (including phenoxy) is 2. The van der Waals surface area contributed by atoms with Gasteiger partial charge in [0.2, 0.25) is 0 Å². The second-order valence-electron chi connectivity index (χ2n) is 4.29. The number of halogens is 3. The van der Waals surface area contributed by atoms with E-state index in [1.807, 2.05) is 6.92 Å². The number of para-hydroxylation sites is 1. The summed E-state index contributed by atoms with van der Waals surface area (Å²) in [5.74, 6) is -0.316. The predicted molar refractivity (Wildman–Crippen MR) is 73.2 cm³/mol. The van der Waals surface area contributed by atoms with Gasteiger partial charge in [0.15, 0.2) is 11.6 Å². The van der Waals surface area contributed by atoms with Gasteiger partial charge in [-0.15, -0.1) is 0 Å². The molecule has 2 nitrogen and oxygen atoms in total. The molecule has 0 amide bonds. The molecule has 0 N–H and O–H groups in total. The molecule has 0 aliphatic heterocycles. The maximum atomic E-state index is 13.6. The summed E-state index contributed by atoms with van der Waals surface area (Å²) in [5.41, 5.74) is 0. The van der Waals surface area contributed by atoms with Gasteiger partial charge < -0.3 is 9.47 Å². The Morgan fingerprint density at radius 3 is 2.89 bits per heavy atom. The van der Waals surface area contributed by atoms with Crippen molar-refractivity contribution in [3.8, 4) is 5.75 Å². The van der Waals surface area contributed by atoms with E-state index < -0.39 is 5.82 Å². The quantitative estimate of drug-likeness (QED) is 0.750. The molecular weight excluding hydrogens is 322 g/mol. The van der Waals surface area contributed by atoms with Crippen molar-refractivity contribution in [1.29, 1.82) is 0 Å². The van der Waals surface area contributed by atoms with Gasteiger partial charge in [0.1, 0.15) is 12.2 Å². The molecule has 1 aliphatic carbocycles. The van der Waals surface area contributed by atoms with Crippen LogP contribution in [0.2, 0.25) is 5.02 Å². The molecule has 1 fully saturated rings. The van der Waals surface area contributed by atoms with E-state index in [-0.39, 0.29) is 22.8 Å². The lowest BCUT2D eigenvalue weighted by molar-refractivity contribution is -0.0772. The smallest absolute Gasteiger partial charge is 0.174 e. The minimum absolute atomic E-state index is 0.0411. The van der Waals surface area contributed by atoms with Crippen molar-refractivity contribution in [1.82, 2.24) is 0 Å². The molecule has 1 aliphatic rings. The normalized spacial score (nSPS) is 26.8. The van der Waals surface area contributed by atoms with E-state index in [9.17, 15) is 4.39 Å². The lowest BCUT2D eigenvalue weighted by atomic mass is 9.91. The molecule has 0 saturated heterocycles. The monoisotopic (exact) mass is 336 g/mol. The first kappa shape index (κ1) is 14.1. The molecule has 1 saturated carbocycles. The molecule has 0 radical (unpaired) electrons. The number of rotatable bonds is 5. The van der Waals surface area contributed by atoms with Crippen molar-refractivity contribution in [2.24, 2.45) is 0 Å². The third kappa shape index (κ3) is 2.98. The number of benzene rings is 1. The van der Waals surface area contributed by atoms with E-state index in [1.165, 1.54) is 6.07 Å². The van der Waals surface area contributed by atoms with Crippen molar-refractivity contribution >= 4 is 27.5 Å². The van der Waals surface area contributed by atoms with Crippen molar-refractivity contribution in [2.45, 2.75) is 36.8 Å². The van der Waals surface area contributed by atoms with Crippen LogP contribution in [0, 0.1) is 5.82 Å². The zero-order valence-corrected chi connectivity index (χ0v) is 12.4. The zero-order valence-electron chi connectivity index (χ0n) is 10.0. The Labute approximate surface area is 120 Å². The third-order valence-electron chi connectivity index (χ3n) is 2.88. The number of hydrogen-bond donors (Lipinski definition) is 0. The minimum atomic E-state index is -0.435. The van der Waals surface area contributed by atoms with Gasteiger partial charge >= 0.3 is 0 Å². The molecule has 0 bridgehead atoms. The largest absolute Gasteiger partial charge is 0.483 e. The summed E-state index contributed by atoms with van der Waals surface area (Å²) >= 11 is 9.44. The highest BCUT2D eigenvalue weighted by molar-refractivity contribution is 9.09. The Morgan fingerprint density at radius 1 is 1.50 bits per heavy atom. The molecule has 18 heavy (non-hydrogen) atoms. The third-order valence-corrected chi connectivity index (χ3v) is 4.08. The molecule has 0 heterocycles. The second-order valence-corrected chi connectivity index (χ2v) is 5.88. The fourth-order valence-corrected chi connectivity index (χ4v) is 2.92.